The Morgan fingerprint density at radius 3 is 2.07 bits per heavy atom. The molecule has 2 aromatic rings. The van der Waals surface area contributed by atoms with E-state index in [1.807, 2.05) is 25.1 Å². The molecule has 0 amide bonds. The van der Waals surface area contributed by atoms with E-state index in [4.69, 9.17) is 4.74 Å². The number of aromatic nitrogens is 2. The predicted molar refractivity (Wildman–Crippen MR) is 59.8 cm³/mol. The van der Waals surface area contributed by atoms with Crippen LogP contribution >= 0.6 is 0 Å². The maximum atomic E-state index is 4.87. The van der Waals surface area contributed by atoms with E-state index in [-0.39, 0.29) is 0 Å². The summed E-state index contributed by atoms with van der Waals surface area (Å²) in [5, 5.41) is 0. The minimum atomic E-state index is 0.847. The molecule has 3 heteroatoms. The lowest BCUT2D eigenvalue weighted by Crippen LogP contribution is -1.80. The summed E-state index contributed by atoms with van der Waals surface area (Å²) in [7, 11) is 1.63. The van der Waals surface area contributed by atoms with Crippen LogP contribution in [-0.2, 0) is 0 Å². The van der Waals surface area contributed by atoms with Crippen LogP contribution in [0, 0.1) is 6.92 Å². The molecule has 0 bridgehead atoms. The van der Waals surface area contributed by atoms with Crippen molar-refractivity contribution in [3.8, 4) is 5.75 Å². The van der Waals surface area contributed by atoms with Gasteiger partial charge in [0.2, 0.25) is 0 Å². The van der Waals surface area contributed by atoms with Crippen molar-refractivity contribution in [1.29, 1.82) is 0 Å². The molecule has 3 nitrogen and oxygen atoms in total. The summed E-state index contributed by atoms with van der Waals surface area (Å²) in [6.07, 6.45) is 5.17. The number of methoxy groups -OCH3 is 1. The van der Waals surface area contributed by atoms with Crippen LogP contribution in [0.5, 0.6) is 5.75 Å². The van der Waals surface area contributed by atoms with Crippen molar-refractivity contribution in [3.63, 3.8) is 0 Å². The van der Waals surface area contributed by atoms with Crippen LogP contribution in [0.2, 0.25) is 0 Å². The number of pyridine rings is 2. The molecule has 0 radical (unpaired) electrons. The van der Waals surface area contributed by atoms with Crippen molar-refractivity contribution in [2.24, 2.45) is 0 Å². The van der Waals surface area contributed by atoms with E-state index in [0.29, 0.717) is 0 Å². The lowest BCUT2D eigenvalue weighted by Gasteiger charge is -1.93. The number of ether oxygens (including phenoxy) is 1. The zero-order chi connectivity index (χ0) is 10.9. The van der Waals surface area contributed by atoms with Crippen LogP contribution in [0.3, 0.4) is 0 Å². The first-order valence-electron chi connectivity index (χ1n) is 4.64. The fourth-order valence-corrected chi connectivity index (χ4v) is 0.922. The fraction of sp³-hybridized carbons (Fsp3) is 0.167. The first-order chi connectivity index (χ1) is 7.33. The third-order valence-electron chi connectivity index (χ3n) is 1.70. The summed E-state index contributed by atoms with van der Waals surface area (Å²) < 4.78 is 4.87. The van der Waals surface area contributed by atoms with Gasteiger partial charge in [0.05, 0.1) is 7.11 Å². The minimum Gasteiger partial charge on any atom is -0.497 e. The van der Waals surface area contributed by atoms with Gasteiger partial charge in [-0.25, -0.2) is 0 Å². The average molecular weight is 202 g/mol. The van der Waals surface area contributed by atoms with Gasteiger partial charge in [-0.3, -0.25) is 9.97 Å². The zero-order valence-electron chi connectivity index (χ0n) is 8.92. The van der Waals surface area contributed by atoms with Crippen molar-refractivity contribution in [3.05, 3.63) is 54.6 Å². The first-order valence-corrected chi connectivity index (χ1v) is 4.64. The number of nitrogens with zero attached hydrogens (tertiary/aromatic N) is 2. The van der Waals surface area contributed by atoms with Gasteiger partial charge in [0.1, 0.15) is 5.75 Å². The highest BCUT2D eigenvalue weighted by Gasteiger charge is 1.81. The Labute approximate surface area is 89.8 Å². The van der Waals surface area contributed by atoms with Crippen molar-refractivity contribution in [2.75, 3.05) is 7.11 Å². The number of rotatable bonds is 1. The Morgan fingerprint density at radius 1 is 1.00 bits per heavy atom. The number of hydrogen-bond acceptors (Lipinski definition) is 3. The highest BCUT2D eigenvalue weighted by atomic mass is 16.5. The molecule has 0 N–H and O–H groups in total. The Bertz CT molecular complexity index is 362. The van der Waals surface area contributed by atoms with Gasteiger partial charge in [-0.15, -0.1) is 0 Å². The monoisotopic (exact) mass is 202 g/mol. The maximum absolute atomic E-state index is 4.87. The summed E-state index contributed by atoms with van der Waals surface area (Å²) in [6.45, 7) is 1.97. The maximum Gasteiger partial charge on any atom is 0.121 e. The van der Waals surface area contributed by atoms with Gasteiger partial charge in [0, 0.05) is 24.3 Å². The van der Waals surface area contributed by atoms with Crippen LogP contribution in [0.15, 0.2) is 48.9 Å². The van der Waals surface area contributed by atoms with Crippen molar-refractivity contribution >= 4 is 0 Å². The van der Waals surface area contributed by atoms with E-state index >= 15 is 0 Å². The molecule has 0 aliphatic carbocycles. The van der Waals surface area contributed by atoms with Crippen molar-refractivity contribution < 1.29 is 4.74 Å². The minimum absolute atomic E-state index is 0.847. The molecule has 78 valence electrons. The first kappa shape index (κ1) is 11.2. The van der Waals surface area contributed by atoms with E-state index < -0.39 is 0 Å². The van der Waals surface area contributed by atoms with Crippen LogP contribution in [-0.4, -0.2) is 17.1 Å². The highest BCUT2D eigenvalue weighted by Crippen LogP contribution is 2.03. The smallest absolute Gasteiger partial charge is 0.121 e. The zero-order valence-corrected chi connectivity index (χ0v) is 8.92. The predicted octanol–water partition coefficient (Wildman–Crippen LogP) is 2.48. The number of aryl methyl sites for hydroxylation is 1. The van der Waals surface area contributed by atoms with Gasteiger partial charge in [-0.05, 0) is 31.2 Å². The van der Waals surface area contributed by atoms with Crippen LogP contribution < -0.4 is 4.74 Å². The molecule has 0 aromatic carbocycles. The molecule has 0 aliphatic heterocycles. The van der Waals surface area contributed by atoms with Crippen LogP contribution in [0.1, 0.15) is 5.69 Å². The third kappa shape index (κ3) is 4.76. The third-order valence-corrected chi connectivity index (χ3v) is 1.70. The summed E-state index contributed by atoms with van der Waals surface area (Å²) in [4.78, 5) is 7.79. The van der Waals surface area contributed by atoms with Gasteiger partial charge in [0.15, 0.2) is 0 Å². The molecule has 15 heavy (non-hydrogen) atoms. The van der Waals surface area contributed by atoms with E-state index in [0.717, 1.165) is 11.4 Å². The Morgan fingerprint density at radius 2 is 1.73 bits per heavy atom. The molecule has 0 unspecified atom stereocenters. The Hall–Kier alpha value is -1.90. The second-order valence-electron chi connectivity index (χ2n) is 2.86. The van der Waals surface area contributed by atoms with Gasteiger partial charge < -0.3 is 4.74 Å². The van der Waals surface area contributed by atoms with Gasteiger partial charge in [0.25, 0.3) is 0 Å². The van der Waals surface area contributed by atoms with Gasteiger partial charge in [-0.2, -0.15) is 0 Å². The quantitative estimate of drug-likeness (QED) is 0.712. The molecule has 2 aromatic heterocycles. The van der Waals surface area contributed by atoms with E-state index in [9.17, 15) is 0 Å². The van der Waals surface area contributed by atoms with Crippen molar-refractivity contribution in [2.45, 2.75) is 6.92 Å². The Kier molecular flexibility index (Phi) is 4.87. The SMILES string of the molecule is COc1ccncc1.Cc1ccccn1. The molecule has 0 spiro atoms. The average Bonchev–Trinajstić information content (AvgIpc) is 2.32. The summed E-state index contributed by atoms with van der Waals surface area (Å²) in [5.74, 6) is 0.847. The second-order valence-corrected chi connectivity index (χ2v) is 2.86. The molecule has 0 aliphatic rings. The van der Waals surface area contributed by atoms with E-state index in [1.165, 1.54) is 0 Å². The van der Waals surface area contributed by atoms with Crippen LogP contribution in [0.25, 0.3) is 0 Å². The lowest BCUT2D eigenvalue weighted by molar-refractivity contribution is 0.414. The standard InChI is InChI=1S/C6H7NO.C6H7N/c1-8-6-2-4-7-5-3-6;1-6-4-2-3-5-7-6/h2-5H,1H3;2-5H,1H3. The fourth-order valence-electron chi connectivity index (χ4n) is 0.922. The summed E-state index contributed by atoms with van der Waals surface area (Å²) in [5.41, 5.74) is 1.07. The summed E-state index contributed by atoms with van der Waals surface area (Å²) >= 11 is 0. The van der Waals surface area contributed by atoms with Gasteiger partial charge >= 0.3 is 0 Å². The van der Waals surface area contributed by atoms with Crippen LogP contribution in [0.4, 0.5) is 0 Å². The van der Waals surface area contributed by atoms with Crippen molar-refractivity contribution in [1.82, 2.24) is 9.97 Å². The molecule has 2 rings (SSSR count). The second kappa shape index (κ2) is 6.54. The molecular formula is C12H14N2O. The molecule has 2 heterocycles. The summed E-state index contributed by atoms with van der Waals surface area (Å²) in [6, 6.07) is 9.47. The normalized spacial score (nSPS) is 8.67. The van der Waals surface area contributed by atoms with E-state index in [1.54, 1.807) is 37.8 Å². The topological polar surface area (TPSA) is 35.0 Å². The lowest BCUT2D eigenvalue weighted by atomic mass is 10.4. The number of hydrogen-bond donors (Lipinski definition) is 0. The molecule has 0 saturated heterocycles. The molecule has 0 atom stereocenters. The molecule has 0 saturated carbocycles. The largest absolute Gasteiger partial charge is 0.497 e. The molecule has 0 fully saturated rings. The highest BCUT2D eigenvalue weighted by molar-refractivity contribution is 5.16. The van der Waals surface area contributed by atoms with E-state index in [2.05, 4.69) is 9.97 Å². The van der Waals surface area contributed by atoms with Gasteiger partial charge in [-0.1, -0.05) is 6.07 Å². The molecular weight excluding hydrogens is 188 g/mol. The Balaban J connectivity index is 0.000000151.